The lowest BCUT2D eigenvalue weighted by Gasteiger charge is -2.08. The van der Waals surface area contributed by atoms with Gasteiger partial charge in [0.15, 0.2) is 0 Å². The molecule has 0 bridgehead atoms. The highest BCUT2D eigenvalue weighted by molar-refractivity contribution is 7.95. The first-order valence-electron chi connectivity index (χ1n) is 4.29. The molecule has 1 heteroatoms. The summed E-state index contributed by atoms with van der Waals surface area (Å²) in [6.07, 6.45) is 4.61. The van der Waals surface area contributed by atoms with Gasteiger partial charge in [0.2, 0.25) is 0 Å². The van der Waals surface area contributed by atoms with Crippen LogP contribution < -0.4 is 0 Å². The SMILES string of the molecule is CC(C[S+](C)C)c1ccccc1. The maximum atomic E-state index is 2.31. The first kappa shape index (κ1) is 9.66. The summed E-state index contributed by atoms with van der Waals surface area (Å²) in [5, 5.41) is 0. The number of rotatable bonds is 3. The lowest BCUT2D eigenvalue weighted by molar-refractivity contribution is 0.878. The fourth-order valence-electron chi connectivity index (χ4n) is 1.38. The van der Waals surface area contributed by atoms with E-state index in [1.165, 1.54) is 11.3 Å². The third-order valence-electron chi connectivity index (χ3n) is 1.95. The van der Waals surface area contributed by atoms with E-state index in [1.54, 1.807) is 0 Å². The number of hydrogen-bond acceptors (Lipinski definition) is 0. The van der Waals surface area contributed by atoms with Gasteiger partial charge in [-0.05, 0) is 16.5 Å². The van der Waals surface area contributed by atoms with Crippen molar-refractivity contribution in [2.24, 2.45) is 0 Å². The van der Waals surface area contributed by atoms with Gasteiger partial charge in [0.1, 0.15) is 5.75 Å². The lowest BCUT2D eigenvalue weighted by Crippen LogP contribution is -2.09. The summed E-state index contributed by atoms with van der Waals surface area (Å²) in [7, 11) is 0.554. The molecule has 0 amide bonds. The van der Waals surface area contributed by atoms with Crippen molar-refractivity contribution in [3.63, 3.8) is 0 Å². The molecule has 0 aliphatic carbocycles. The average molecular weight is 181 g/mol. The summed E-state index contributed by atoms with van der Waals surface area (Å²) in [5.74, 6) is 2.02. The maximum absolute atomic E-state index is 2.31. The number of benzene rings is 1. The minimum Gasteiger partial charge on any atom is -0.0622 e. The second kappa shape index (κ2) is 4.56. The topological polar surface area (TPSA) is 0 Å². The molecule has 1 unspecified atom stereocenters. The van der Waals surface area contributed by atoms with Gasteiger partial charge in [-0.3, -0.25) is 0 Å². The maximum Gasteiger partial charge on any atom is 0.114 e. The van der Waals surface area contributed by atoms with E-state index >= 15 is 0 Å². The van der Waals surface area contributed by atoms with Crippen LogP contribution in [0.4, 0.5) is 0 Å². The zero-order chi connectivity index (χ0) is 8.97. The van der Waals surface area contributed by atoms with Gasteiger partial charge in [-0.2, -0.15) is 0 Å². The highest BCUT2D eigenvalue weighted by Crippen LogP contribution is 2.15. The second-order valence-electron chi connectivity index (χ2n) is 3.46. The van der Waals surface area contributed by atoms with Crippen LogP contribution in [0.25, 0.3) is 0 Å². The molecule has 0 aliphatic rings. The van der Waals surface area contributed by atoms with Gasteiger partial charge in [0, 0.05) is 5.92 Å². The molecule has 12 heavy (non-hydrogen) atoms. The summed E-state index contributed by atoms with van der Waals surface area (Å²) in [6, 6.07) is 10.8. The van der Waals surface area contributed by atoms with Gasteiger partial charge in [-0.25, -0.2) is 0 Å². The van der Waals surface area contributed by atoms with Gasteiger partial charge >= 0.3 is 0 Å². The Labute approximate surface area is 78.3 Å². The Morgan fingerprint density at radius 2 is 1.75 bits per heavy atom. The first-order valence-corrected chi connectivity index (χ1v) is 6.50. The molecule has 1 rings (SSSR count). The molecule has 0 fully saturated rings. The fourth-order valence-corrected chi connectivity index (χ4v) is 2.57. The zero-order valence-electron chi connectivity index (χ0n) is 8.08. The van der Waals surface area contributed by atoms with E-state index in [4.69, 9.17) is 0 Å². The number of hydrogen-bond donors (Lipinski definition) is 0. The van der Waals surface area contributed by atoms with Crippen LogP contribution in [0.1, 0.15) is 18.4 Å². The van der Waals surface area contributed by atoms with Gasteiger partial charge in [0.05, 0.1) is 12.5 Å². The third kappa shape index (κ3) is 2.90. The average Bonchev–Trinajstić information content (AvgIpc) is 2.05. The largest absolute Gasteiger partial charge is 0.114 e. The Morgan fingerprint density at radius 1 is 1.17 bits per heavy atom. The van der Waals surface area contributed by atoms with Crippen molar-refractivity contribution in [1.29, 1.82) is 0 Å². The third-order valence-corrected chi connectivity index (χ3v) is 3.12. The summed E-state index contributed by atoms with van der Waals surface area (Å²) in [5.41, 5.74) is 1.47. The van der Waals surface area contributed by atoms with Crippen molar-refractivity contribution in [3.8, 4) is 0 Å². The minimum absolute atomic E-state index is 0.554. The van der Waals surface area contributed by atoms with Crippen LogP contribution in [0.2, 0.25) is 0 Å². The van der Waals surface area contributed by atoms with E-state index in [0.29, 0.717) is 16.8 Å². The highest BCUT2D eigenvalue weighted by Gasteiger charge is 2.12. The molecule has 1 aromatic rings. The van der Waals surface area contributed by atoms with Gasteiger partial charge in [0.25, 0.3) is 0 Å². The molecule has 1 atom stereocenters. The Kier molecular flexibility index (Phi) is 3.67. The van der Waals surface area contributed by atoms with Crippen LogP contribution in [0, 0.1) is 0 Å². The first-order chi connectivity index (χ1) is 5.70. The van der Waals surface area contributed by atoms with E-state index in [1.807, 2.05) is 0 Å². The van der Waals surface area contributed by atoms with Crippen molar-refractivity contribution in [1.82, 2.24) is 0 Å². The van der Waals surface area contributed by atoms with Gasteiger partial charge in [-0.15, -0.1) is 0 Å². The van der Waals surface area contributed by atoms with Crippen LogP contribution in [0.5, 0.6) is 0 Å². The second-order valence-corrected chi connectivity index (χ2v) is 5.77. The van der Waals surface area contributed by atoms with Crippen LogP contribution in [-0.2, 0) is 10.9 Å². The predicted octanol–water partition coefficient (Wildman–Crippen LogP) is 2.67. The molecule has 0 aliphatic heterocycles. The minimum atomic E-state index is 0.554. The molecule has 66 valence electrons. The molecule has 0 heterocycles. The lowest BCUT2D eigenvalue weighted by atomic mass is 10.0. The van der Waals surface area contributed by atoms with E-state index < -0.39 is 0 Å². The molecule has 0 saturated carbocycles. The quantitative estimate of drug-likeness (QED) is 0.629. The van der Waals surface area contributed by atoms with Crippen LogP contribution in [-0.4, -0.2) is 18.3 Å². The van der Waals surface area contributed by atoms with E-state index in [-0.39, 0.29) is 0 Å². The van der Waals surface area contributed by atoms with E-state index in [9.17, 15) is 0 Å². The van der Waals surface area contributed by atoms with Crippen LogP contribution >= 0.6 is 0 Å². The molecular weight excluding hydrogens is 164 g/mol. The summed E-state index contributed by atoms with van der Waals surface area (Å²) in [6.45, 7) is 2.31. The smallest absolute Gasteiger partial charge is 0.0622 e. The molecule has 0 radical (unpaired) electrons. The molecule has 0 saturated heterocycles. The van der Waals surface area contributed by atoms with Crippen molar-refractivity contribution < 1.29 is 0 Å². The van der Waals surface area contributed by atoms with Gasteiger partial charge < -0.3 is 0 Å². The normalized spacial score (nSPS) is 13.3. The Morgan fingerprint density at radius 3 is 2.25 bits per heavy atom. The summed E-state index contributed by atoms with van der Waals surface area (Å²) in [4.78, 5) is 0. The molecular formula is C11H17S+. The van der Waals surface area contributed by atoms with Crippen LogP contribution in [0.15, 0.2) is 30.3 Å². The summed E-state index contributed by atoms with van der Waals surface area (Å²) < 4.78 is 0. The Hall–Kier alpha value is -0.430. The predicted molar refractivity (Wildman–Crippen MR) is 58.9 cm³/mol. The van der Waals surface area contributed by atoms with E-state index in [0.717, 1.165) is 0 Å². The highest BCUT2D eigenvalue weighted by atomic mass is 32.2. The Balaban J connectivity index is 2.59. The molecule has 0 spiro atoms. The van der Waals surface area contributed by atoms with E-state index in [2.05, 4.69) is 49.8 Å². The van der Waals surface area contributed by atoms with Crippen molar-refractivity contribution in [2.45, 2.75) is 12.8 Å². The monoisotopic (exact) mass is 181 g/mol. The molecule has 0 N–H and O–H groups in total. The zero-order valence-corrected chi connectivity index (χ0v) is 8.90. The summed E-state index contributed by atoms with van der Waals surface area (Å²) >= 11 is 0. The fraction of sp³-hybridized carbons (Fsp3) is 0.455. The van der Waals surface area contributed by atoms with Crippen molar-refractivity contribution in [3.05, 3.63) is 35.9 Å². The van der Waals surface area contributed by atoms with Gasteiger partial charge in [-0.1, -0.05) is 37.3 Å². The molecule has 0 nitrogen and oxygen atoms in total. The van der Waals surface area contributed by atoms with Crippen LogP contribution in [0.3, 0.4) is 0 Å². The Bertz CT molecular complexity index is 216. The standard InChI is InChI=1S/C11H17S/c1-10(9-12(2)3)11-7-5-4-6-8-11/h4-8,10H,9H2,1-3H3/q+1. The molecule has 1 aromatic carbocycles. The van der Waals surface area contributed by atoms with Crippen molar-refractivity contribution >= 4 is 10.9 Å². The molecule has 0 aromatic heterocycles. The van der Waals surface area contributed by atoms with Crippen molar-refractivity contribution in [2.75, 3.05) is 18.3 Å².